The standard InChI is InChI=1S/C16H26N2O2/c1-6-10-18(11-12-19-4)14-8-7-9-15(20-5)16(14)13(2)17-3/h6-9,13,17H,1,10-12H2,2-5H3. The molecular weight excluding hydrogens is 252 g/mol. The zero-order chi connectivity index (χ0) is 15.0. The first-order chi connectivity index (χ1) is 9.69. The van der Waals surface area contributed by atoms with Gasteiger partial charge in [0, 0.05) is 37.5 Å². The Kier molecular flexibility index (Phi) is 7.12. The monoisotopic (exact) mass is 278 g/mol. The second kappa shape index (κ2) is 8.61. The van der Waals surface area contributed by atoms with Crippen LogP contribution in [-0.4, -0.2) is 41.0 Å². The first-order valence-corrected chi connectivity index (χ1v) is 6.88. The Balaban J connectivity index is 3.20. The molecule has 4 nitrogen and oxygen atoms in total. The Morgan fingerprint density at radius 1 is 1.40 bits per heavy atom. The summed E-state index contributed by atoms with van der Waals surface area (Å²) in [7, 11) is 5.38. The van der Waals surface area contributed by atoms with Gasteiger partial charge in [-0.3, -0.25) is 0 Å². The van der Waals surface area contributed by atoms with Crippen LogP contribution in [0.15, 0.2) is 30.9 Å². The van der Waals surface area contributed by atoms with Crippen LogP contribution in [0.5, 0.6) is 5.75 Å². The van der Waals surface area contributed by atoms with Crippen LogP contribution in [0.25, 0.3) is 0 Å². The van der Waals surface area contributed by atoms with Crippen LogP contribution >= 0.6 is 0 Å². The van der Waals surface area contributed by atoms with E-state index in [1.165, 1.54) is 0 Å². The molecule has 0 spiro atoms. The molecule has 0 aliphatic carbocycles. The fraction of sp³-hybridized carbons (Fsp3) is 0.500. The van der Waals surface area contributed by atoms with Gasteiger partial charge in [0.2, 0.25) is 0 Å². The van der Waals surface area contributed by atoms with Gasteiger partial charge < -0.3 is 19.7 Å². The molecule has 1 rings (SSSR count). The van der Waals surface area contributed by atoms with Gasteiger partial charge in [0.05, 0.1) is 13.7 Å². The summed E-state index contributed by atoms with van der Waals surface area (Å²) in [5.41, 5.74) is 2.32. The molecule has 1 atom stereocenters. The highest BCUT2D eigenvalue weighted by molar-refractivity contribution is 5.61. The second-order valence-corrected chi connectivity index (χ2v) is 4.63. The molecular formula is C16H26N2O2. The lowest BCUT2D eigenvalue weighted by Crippen LogP contribution is -2.29. The zero-order valence-corrected chi connectivity index (χ0v) is 13.0. The zero-order valence-electron chi connectivity index (χ0n) is 13.0. The molecule has 0 saturated heterocycles. The molecule has 0 aliphatic rings. The predicted octanol–water partition coefficient (Wildman–Crippen LogP) is 2.61. The molecule has 4 heteroatoms. The van der Waals surface area contributed by atoms with Crippen molar-refractivity contribution in [2.24, 2.45) is 0 Å². The van der Waals surface area contributed by atoms with Crippen molar-refractivity contribution in [2.45, 2.75) is 13.0 Å². The molecule has 0 amide bonds. The smallest absolute Gasteiger partial charge is 0.125 e. The van der Waals surface area contributed by atoms with Gasteiger partial charge in [-0.05, 0) is 26.1 Å². The average molecular weight is 278 g/mol. The summed E-state index contributed by atoms with van der Waals surface area (Å²) in [5, 5.41) is 3.29. The Bertz CT molecular complexity index is 421. The minimum absolute atomic E-state index is 0.205. The summed E-state index contributed by atoms with van der Waals surface area (Å²) in [6.07, 6.45) is 1.91. The summed E-state index contributed by atoms with van der Waals surface area (Å²) >= 11 is 0. The fourth-order valence-corrected chi connectivity index (χ4v) is 2.23. The first kappa shape index (κ1) is 16.5. The number of anilines is 1. The van der Waals surface area contributed by atoms with Crippen molar-refractivity contribution in [2.75, 3.05) is 45.9 Å². The molecule has 1 aromatic rings. The molecule has 1 N–H and O–H groups in total. The van der Waals surface area contributed by atoms with E-state index in [4.69, 9.17) is 9.47 Å². The summed E-state index contributed by atoms with van der Waals surface area (Å²) in [4.78, 5) is 2.25. The van der Waals surface area contributed by atoms with Crippen LogP contribution in [0.3, 0.4) is 0 Å². The van der Waals surface area contributed by atoms with Crippen molar-refractivity contribution in [3.05, 3.63) is 36.4 Å². The molecule has 0 heterocycles. The van der Waals surface area contributed by atoms with Crippen molar-refractivity contribution in [3.8, 4) is 5.75 Å². The molecule has 1 aromatic carbocycles. The van der Waals surface area contributed by atoms with Gasteiger partial charge in [0.15, 0.2) is 0 Å². The van der Waals surface area contributed by atoms with E-state index in [-0.39, 0.29) is 6.04 Å². The van der Waals surface area contributed by atoms with E-state index in [9.17, 15) is 0 Å². The molecule has 0 bridgehead atoms. The van der Waals surface area contributed by atoms with E-state index < -0.39 is 0 Å². The third-order valence-corrected chi connectivity index (χ3v) is 3.38. The van der Waals surface area contributed by atoms with E-state index >= 15 is 0 Å². The number of hydrogen-bond acceptors (Lipinski definition) is 4. The number of benzene rings is 1. The maximum Gasteiger partial charge on any atom is 0.125 e. The van der Waals surface area contributed by atoms with Gasteiger partial charge in [0.1, 0.15) is 5.75 Å². The minimum atomic E-state index is 0.205. The van der Waals surface area contributed by atoms with Crippen molar-refractivity contribution < 1.29 is 9.47 Å². The Hall–Kier alpha value is -1.52. The van der Waals surface area contributed by atoms with Crippen LogP contribution in [0, 0.1) is 0 Å². The Morgan fingerprint density at radius 3 is 2.70 bits per heavy atom. The van der Waals surface area contributed by atoms with Crippen LogP contribution < -0.4 is 15.0 Å². The second-order valence-electron chi connectivity index (χ2n) is 4.63. The van der Waals surface area contributed by atoms with Gasteiger partial charge in [-0.2, -0.15) is 0 Å². The lowest BCUT2D eigenvalue weighted by atomic mass is 10.0. The highest BCUT2D eigenvalue weighted by atomic mass is 16.5. The lowest BCUT2D eigenvalue weighted by Gasteiger charge is -2.29. The molecule has 0 aromatic heterocycles. The van der Waals surface area contributed by atoms with Crippen LogP contribution in [-0.2, 0) is 4.74 Å². The van der Waals surface area contributed by atoms with E-state index in [0.717, 1.165) is 30.1 Å². The number of hydrogen-bond donors (Lipinski definition) is 1. The van der Waals surface area contributed by atoms with Crippen LogP contribution in [0.4, 0.5) is 5.69 Å². The average Bonchev–Trinajstić information content (AvgIpc) is 2.49. The number of rotatable bonds is 9. The summed E-state index contributed by atoms with van der Waals surface area (Å²) in [6.45, 7) is 8.25. The van der Waals surface area contributed by atoms with Gasteiger partial charge in [-0.15, -0.1) is 6.58 Å². The predicted molar refractivity (Wildman–Crippen MR) is 84.8 cm³/mol. The van der Waals surface area contributed by atoms with Gasteiger partial charge in [0.25, 0.3) is 0 Å². The fourth-order valence-electron chi connectivity index (χ4n) is 2.23. The maximum atomic E-state index is 5.52. The quantitative estimate of drug-likeness (QED) is 0.704. The molecule has 1 unspecified atom stereocenters. The SMILES string of the molecule is C=CCN(CCOC)c1cccc(OC)c1C(C)NC. The first-order valence-electron chi connectivity index (χ1n) is 6.88. The van der Waals surface area contributed by atoms with Gasteiger partial charge in [-0.25, -0.2) is 0 Å². The third-order valence-electron chi connectivity index (χ3n) is 3.38. The molecule has 0 fully saturated rings. The molecule has 20 heavy (non-hydrogen) atoms. The van der Waals surface area contributed by atoms with Crippen molar-refractivity contribution in [3.63, 3.8) is 0 Å². The van der Waals surface area contributed by atoms with Gasteiger partial charge >= 0.3 is 0 Å². The van der Waals surface area contributed by atoms with Crippen molar-refractivity contribution in [1.82, 2.24) is 5.32 Å². The Labute approximate surface area is 122 Å². The third kappa shape index (κ3) is 3.99. The lowest BCUT2D eigenvalue weighted by molar-refractivity contribution is 0.205. The Morgan fingerprint density at radius 2 is 2.15 bits per heavy atom. The van der Waals surface area contributed by atoms with E-state index in [2.05, 4.69) is 29.8 Å². The summed E-state index contributed by atoms with van der Waals surface area (Å²) < 4.78 is 10.7. The van der Waals surface area contributed by atoms with Crippen LogP contribution in [0.1, 0.15) is 18.5 Å². The maximum absolute atomic E-state index is 5.52. The largest absolute Gasteiger partial charge is 0.496 e. The van der Waals surface area contributed by atoms with Crippen LogP contribution in [0.2, 0.25) is 0 Å². The normalized spacial score (nSPS) is 12.0. The molecule has 0 aliphatic heterocycles. The van der Waals surface area contributed by atoms with E-state index in [1.54, 1.807) is 14.2 Å². The minimum Gasteiger partial charge on any atom is -0.496 e. The molecule has 0 saturated carbocycles. The number of nitrogens with zero attached hydrogens (tertiary/aromatic N) is 1. The number of methoxy groups -OCH3 is 2. The van der Waals surface area contributed by atoms with Crippen molar-refractivity contribution in [1.29, 1.82) is 0 Å². The van der Waals surface area contributed by atoms with E-state index in [1.807, 2.05) is 25.3 Å². The molecule has 112 valence electrons. The van der Waals surface area contributed by atoms with Crippen molar-refractivity contribution >= 4 is 5.69 Å². The summed E-state index contributed by atoms with van der Waals surface area (Å²) in [5.74, 6) is 0.899. The van der Waals surface area contributed by atoms with E-state index in [0.29, 0.717) is 6.61 Å². The highest BCUT2D eigenvalue weighted by Crippen LogP contribution is 2.34. The molecule has 0 radical (unpaired) electrons. The highest BCUT2D eigenvalue weighted by Gasteiger charge is 2.18. The summed E-state index contributed by atoms with van der Waals surface area (Å²) in [6, 6.07) is 6.33. The topological polar surface area (TPSA) is 33.7 Å². The number of nitrogens with one attached hydrogen (secondary N) is 1. The van der Waals surface area contributed by atoms with Gasteiger partial charge in [-0.1, -0.05) is 12.1 Å². The number of ether oxygens (including phenoxy) is 2.